The number of hydrogen-bond acceptors (Lipinski definition) is 4. The Hall–Kier alpha value is -2.38. The molecule has 1 fully saturated rings. The van der Waals surface area contributed by atoms with E-state index in [-0.39, 0.29) is 6.04 Å². The Morgan fingerprint density at radius 3 is 2.75 bits per heavy atom. The molecule has 0 amide bonds. The fourth-order valence-corrected chi connectivity index (χ4v) is 2.45. The number of nitrogens with zero attached hydrogens (tertiary/aromatic N) is 3. The van der Waals surface area contributed by atoms with Crippen molar-refractivity contribution < 1.29 is 4.74 Å². The highest BCUT2D eigenvalue weighted by Crippen LogP contribution is 2.28. The number of pyridine rings is 1. The fourth-order valence-electron chi connectivity index (χ4n) is 2.45. The second-order valence-corrected chi connectivity index (χ2v) is 4.71. The van der Waals surface area contributed by atoms with Gasteiger partial charge < -0.3 is 9.64 Å². The molecule has 0 saturated carbocycles. The van der Waals surface area contributed by atoms with Gasteiger partial charge in [0.1, 0.15) is 11.9 Å². The Balaban J connectivity index is 1.90. The molecular weight excluding hydrogens is 250 g/mol. The van der Waals surface area contributed by atoms with Gasteiger partial charge in [-0.2, -0.15) is 5.26 Å². The number of hydrogen-bond donors (Lipinski definition) is 0. The van der Waals surface area contributed by atoms with Crippen LogP contribution in [0.15, 0.2) is 48.7 Å². The highest BCUT2D eigenvalue weighted by molar-refractivity contribution is 5.45. The topological polar surface area (TPSA) is 49.2 Å². The predicted octanol–water partition coefficient (Wildman–Crippen LogP) is 2.53. The highest BCUT2D eigenvalue weighted by Gasteiger charge is 2.25. The summed E-state index contributed by atoms with van der Waals surface area (Å²) >= 11 is 0. The van der Waals surface area contributed by atoms with Crippen LogP contribution in [0.3, 0.4) is 0 Å². The summed E-state index contributed by atoms with van der Waals surface area (Å²) in [6, 6.07) is 16.3. The van der Waals surface area contributed by atoms with Crippen molar-refractivity contribution in [2.24, 2.45) is 0 Å². The minimum atomic E-state index is 0.172. The summed E-state index contributed by atoms with van der Waals surface area (Å²) in [5.74, 6) is 0.890. The summed E-state index contributed by atoms with van der Waals surface area (Å²) in [4.78, 5) is 6.63. The second kappa shape index (κ2) is 5.72. The summed E-state index contributed by atoms with van der Waals surface area (Å²) < 4.78 is 5.61. The molecule has 4 nitrogen and oxygen atoms in total. The van der Waals surface area contributed by atoms with Crippen molar-refractivity contribution >= 4 is 5.82 Å². The molecule has 3 rings (SSSR count). The van der Waals surface area contributed by atoms with E-state index in [1.807, 2.05) is 24.3 Å². The monoisotopic (exact) mass is 265 g/mol. The van der Waals surface area contributed by atoms with E-state index >= 15 is 0 Å². The number of ether oxygens (including phenoxy) is 1. The molecule has 0 bridgehead atoms. The van der Waals surface area contributed by atoms with Crippen LogP contribution < -0.4 is 4.90 Å². The first kappa shape index (κ1) is 12.6. The Kier molecular flexibility index (Phi) is 3.62. The van der Waals surface area contributed by atoms with Crippen molar-refractivity contribution in [1.82, 2.24) is 4.98 Å². The standard InChI is InChI=1S/C16H15N3O/c17-10-13-6-7-16(18-11-13)19-8-9-20-12-15(19)14-4-2-1-3-5-14/h1-7,11,15H,8-9,12H2/t15-/m1/s1. The summed E-state index contributed by atoms with van der Waals surface area (Å²) in [5, 5.41) is 8.85. The van der Waals surface area contributed by atoms with Gasteiger partial charge >= 0.3 is 0 Å². The number of anilines is 1. The van der Waals surface area contributed by atoms with Gasteiger partial charge in [-0.05, 0) is 17.7 Å². The molecule has 100 valence electrons. The van der Waals surface area contributed by atoms with Crippen LogP contribution in [0.4, 0.5) is 5.82 Å². The molecular formula is C16H15N3O. The number of morpholine rings is 1. The van der Waals surface area contributed by atoms with E-state index in [1.165, 1.54) is 5.56 Å². The van der Waals surface area contributed by atoms with E-state index in [9.17, 15) is 0 Å². The molecule has 20 heavy (non-hydrogen) atoms. The van der Waals surface area contributed by atoms with Gasteiger partial charge in [-0.1, -0.05) is 30.3 Å². The van der Waals surface area contributed by atoms with Gasteiger partial charge in [-0.25, -0.2) is 4.98 Å². The molecule has 0 unspecified atom stereocenters. The van der Waals surface area contributed by atoms with E-state index in [1.54, 1.807) is 12.3 Å². The van der Waals surface area contributed by atoms with Crippen molar-refractivity contribution in [2.45, 2.75) is 6.04 Å². The van der Waals surface area contributed by atoms with Crippen molar-refractivity contribution in [3.05, 3.63) is 59.8 Å². The molecule has 0 N–H and O–H groups in total. The Bertz CT molecular complexity index is 604. The smallest absolute Gasteiger partial charge is 0.129 e. The highest BCUT2D eigenvalue weighted by atomic mass is 16.5. The van der Waals surface area contributed by atoms with Crippen LogP contribution in [-0.4, -0.2) is 24.7 Å². The molecule has 0 radical (unpaired) electrons. The summed E-state index contributed by atoms with van der Waals surface area (Å²) in [7, 11) is 0. The first-order valence-corrected chi connectivity index (χ1v) is 6.64. The summed E-state index contributed by atoms with van der Waals surface area (Å²) in [6.45, 7) is 2.16. The maximum absolute atomic E-state index is 8.85. The SMILES string of the molecule is N#Cc1ccc(N2CCOC[C@@H]2c2ccccc2)nc1. The van der Waals surface area contributed by atoms with Gasteiger partial charge in [0.25, 0.3) is 0 Å². The van der Waals surface area contributed by atoms with Crippen molar-refractivity contribution in [3.63, 3.8) is 0 Å². The average molecular weight is 265 g/mol. The lowest BCUT2D eigenvalue weighted by Gasteiger charge is -2.36. The Morgan fingerprint density at radius 1 is 1.20 bits per heavy atom. The van der Waals surface area contributed by atoms with Crippen molar-refractivity contribution in [3.8, 4) is 6.07 Å². The molecule has 1 saturated heterocycles. The molecule has 2 heterocycles. The molecule has 2 aromatic rings. The zero-order valence-electron chi connectivity index (χ0n) is 11.1. The maximum atomic E-state index is 8.85. The predicted molar refractivity (Wildman–Crippen MR) is 76.3 cm³/mol. The van der Waals surface area contributed by atoms with E-state index in [4.69, 9.17) is 10.00 Å². The second-order valence-electron chi connectivity index (χ2n) is 4.71. The Morgan fingerprint density at radius 2 is 2.05 bits per heavy atom. The Labute approximate surface area is 118 Å². The lowest BCUT2D eigenvalue weighted by atomic mass is 10.0. The van der Waals surface area contributed by atoms with Gasteiger partial charge in [0.2, 0.25) is 0 Å². The van der Waals surface area contributed by atoms with Crippen LogP contribution in [0.1, 0.15) is 17.2 Å². The van der Waals surface area contributed by atoms with Crippen LogP contribution in [0.5, 0.6) is 0 Å². The molecule has 1 aliphatic heterocycles. The number of rotatable bonds is 2. The zero-order chi connectivity index (χ0) is 13.8. The van der Waals surface area contributed by atoms with Crippen LogP contribution >= 0.6 is 0 Å². The van der Waals surface area contributed by atoms with Gasteiger partial charge in [-0.15, -0.1) is 0 Å². The van der Waals surface area contributed by atoms with Crippen LogP contribution in [0.25, 0.3) is 0 Å². The third-order valence-electron chi connectivity index (χ3n) is 3.48. The lowest BCUT2D eigenvalue weighted by Crippen LogP contribution is -2.40. The molecule has 1 aromatic carbocycles. The van der Waals surface area contributed by atoms with Gasteiger partial charge in [0.05, 0.1) is 24.8 Å². The minimum Gasteiger partial charge on any atom is -0.377 e. The third kappa shape index (κ3) is 2.49. The lowest BCUT2D eigenvalue weighted by molar-refractivity contribution is 0.0937. The van der Waals surface area contributed by atoms with Crippen molar-refractivity contribution in [2.75, 3.05) is 24.7 Å². The van der Waals surface area contributed by atoms with E-state index in [0.29, 0.717) is 18.8 Å². The normalized spacial score (nSPS) is 18.6. The van der Waals surface area contributed by atoms with Crippen LogP contribution in [0, 0.1) is 11.3 Å². The van der Waals surface area contributed by atoms with Gasteiger partial charge in [0.15, 0.2) is 0 Å². The zero-order valence-corrected chi connectivity index (χ0v) is 11.1. The number of benzene rings is 1. The van der Waals surface area contributed by atoms with Gasteiger partial charge in [-0.3, -0.25) is 0 Å². The molecule has 0 aliphatic carbocycles. The first-order chi connectivity index (χ1) is 9.88. The summed E-state index contributed by atoms with van der Waals surface area (Å²) in [6.07, 6.45) is 1.62. The molecule has 4 heteroatoms. The van der Waals surface area contributed by atoms with Gasteiger partial charge in [0, 0.05) is 12.7 Å². The summed E-state index contributed by atoms with van der Waals surface area (Å²) in [5.41, 5.74) is 1.80. The molecule has 1 aromatic heterocycles. The number of nitriles is 1. The molecule has 1 aliphatic rings. The minimum absolute atomic E-state index is 0.172. The molecule has 1 atom stereocenters. The van der Waals surface area contributed by atoms with Crippen molar-refractivity contribution in [1.29, 1.82) is 5.26 Å². The van der Waals surface area contributed by atoms with Crippen LogP contribution in [-0.2, 0) is 4.74 Å². The molecule has 0 spiro atoms. The number of aromatic nitrogens is 1. The largest absolute Gasteiger partial charge is 0.377 e. The van der Waals surface area contributed by atoms with E-state index in [0.717, 1.165) is 12.4 Å². The quantitative estimate of drug-likeness (QED) is 0.837. The first-order valence-electron chi connectivity index (χ1n) is 6.64. The maximum Gasteiger partial charge on any atom is 0.129 e. The average Bonchev–Trinajstić information content (AvgIpc) is 2.56. The van der Waals surface area contributed by atoms with E-state index < -0.39 is 0 Å². The van der Waals surface area contributed by atoms with E-state index in [2.05, 4.69) is 28.1 Å². The third-order valence-corrected chi connectivity index (χ3v) is 3.48. The van der Waals surface area contributed by atoms with Crippen LogP contribution in [0.2, 0.25) is 0 Å². The fraction of sp³-hybridized carbons (Fsp3) is 0.250.